The van der Waals surface area contributed by atoms with Gasteiger partial charge in [-0.3, -0.25) is 4.98 Å². The number of anilines is 1. The van der Waals surface area contributed by atoms with Crippen LogP contribution in [0.2, 0.25) is 0 Å². The van der Waals surface area contributed by atoms with E-state index >= 15 is 0 Å². The van der Waals surface area contributed by atoms with Gasteiger partial charge in [-0.2, -0.15) is 0 Å². The number of morpholine rings is 1. The van der Waals surface area contributed by atoms with Gasteiger partial charge < -0.3 is 14.2 Å². The van der Waals surface area contributed by atoms with Crippen LogP contribution in [0.1, 0.15) is 0 Å². The highest BCUT2D eigenvalue weighted by atomic mass is 16.5. The minimum absolute atomic E-state index is 0.788. The van der Waals surface area contributed by atoms with Gasteiger partial charge in [0, 0.05) is 19.3 Å². The van der Waals surface area contributed by atoms with Crippen molar-refractivity contribution in [2.45, 2.75) is 0 Å². The van der Waals surface area contributed by atoms with Gasteiger partial charge in [-0.05, 0) is 23.6 Å². The molecular formula is C17H17N3O. The molecule has 1 aliphatic rings. The number of para-hydroxylation sites is 1. The van der Waals surface area contributed by atoms with Gasteiger partial charge in [-0.15, -0.1) is 0 Å². The zero-order valence-electron chi connectivity index (χ0n) is 11.8. The summed E-state index contributed by atoms with van der Waals surface area (Å²) in [5.74, 6) is 0. The lowest BCUT2D eigenvalue weighted by Gasteiger charge is -2.28. The Morgan fingerprint density at radius 2 is 1.76 bits per heavy atom. The summed E-state index contributed by atoms with van der Waals surface area (Å²) in [5, 5.41) is 1.24. The maximum absolute atomic E-state index is 5.41. The van der Waals surface area contributed by atoms with Crippen molar-refractivity contribution in [3.8, 4) is 5.69 Å². The lowest BCUT2D eigenvalue weighted by Crippen LogP contribution is -2.36. The van der Waals surface area contributed by atoms with Crippen molar-refractivity contribution < 1.29 is 4.74 Å². The van der Waals surface area contributed by atoms with Gasteiger partial charge in [0.15, 0.2) is 0 Å². The predicted molar refractivity (Wildman–Crippen MR) is 84.1 cm³/mol. The Hall–Kier alpha value is -2.33. The third-order valence-corrected chi connectivity index (χ3v) is 3.96. The van der Waals surface area contributed by atoms with Crippen LogP contribution in [0.4, 0.5) is 5.69 Å². The van der Waals surface area contributed by atoms with Crippen LogP contribution in [-0.4, -0.2) is 35.9 Å². The van der Waals surface area contributed by atoms with Crippen LogP contribution in [0.25, 0.3) is 16.6 Å². The Balaban J connectivity index is 1.75. The fourth-order valence-electron chi connectivity index (χ4n) is 2.85. The maximum atomic E-state index is 5.41. The highest BCUT2D eigenvalue weighted by molar-refractivity contribution is 5.82. The van der Waals surface area contributed by atoms with E-state index in [9.17, 15) is 0 Å². The van der Waals surface area contributed by atoms with E-state index in [2.05, 4.69) is 57.0 Å². The number of hydrogen-bond donors (Lipinski definition) is 0. The van der Waals surface area contributed by atoms with Crippen LogP contribution >= 0.6 is 0 Å². The summed E-state index contributed by atoms with van der Waals surface area (Å²) in [5.41, 5.74) is 3.47. The molecule has 0 aliphatic carbocycles. The number of hydrogen-bond acceptors (Lipinski definition) is 3. The van der Waals surface area contributed by atoms with Gasteiger partial charge in [0.05, 0.1) is 42.5 Å². The minimum Gasteiger partial charge on any atom is -0.378 e. The SMILES string of the molecule is c1ccc2c(c1)ccn2-c1cncc(N2CCOCC2)c1. The first-order valence-electron chi connectivity index (χ1n) is 7.26. The summed E-state index contributed by atoms with van der Waals surface area (Å²) in [7, 11) is 0. The molecule has 1 aliphatic heterocycles. The fraction of sp³-hybridized carbons (Fsp3) is 0.235. The monoisotopic (exact) mass is 279 g/mol. The maximum Gasteiger partial charge on any atom is 0.0659 e. The highest BCUT2D eigenvalue weighted by Crippen LogP contribution is 2.23. The quantitative estimate of drug-likeness (QED) is 0.722. The van der Waals surface area contributed by atoms with Crippen LogP contribution in [0.15, 0.2) is 55.0 Å². The topological polar surface area (TPSA) is 30.3 Å². The van der Waals surface area contributed by atoms with Crippen LogP contribution in [-0.2, 0) is 4.74 Å². The molecule has 4 nitrogen and oxygen atoms in total. The van der Waals surface area contributed by atoms with Crippen molar-refractivity contribution in [1.29, 1.82) is 0 Å². The largest absolute Gasteiger partial charge is 0.378 e. The normalized spacial score (nSPS) is 15.5. The average molecular weight is 279 g/mol. The van der Waals surface area contributed by atoms with E-state index < -0.39 is 0 Å². The second kappa shape index (κ2) is 5.22. The molecule has 0 unspecified atom stereocenters. The van der Waals surface area contributed by atoms with Gasteiger partial charge >= 0.3 is 0 Å². The smallest absolute Gasteiger partial charge is 0.0659 e. The minimum atomic E-state index is 0.788. The van der Waals surface area contributed by atoms with Gasteiger partial charge in [-0.25, -0.2) is 0 Å². The molecule has 0 radical (unpaired) electrons. The number of ether oxygens (including phenoxy) is 1. The van der Waals surface area contributed by atoms with Crippen molar-refractivity contribution in [3.63, 3.8) is 0 Å². The van der Waals surface area contributed by atoms with Gasteiger partial charge in [0.1, 0.15) is 0 Å². The van der Waals surface area contributed by atoms with Gasteiger partial charge in [0.25, 0.3) is 0 Å². The Morgan fingerprint density at radius 3 is 2.67 bits per heavy atom. The fourth-order valence-corrected chi connectivity index (χ4v) is 2.85. The predicted octanol–water partition coefficient (Wildman–Crippen LogP) is 2.86. The highest BCUT2D eigenvalue weighted by Gasteiger charge is 2.12. The summed E-state index contributed by atoms with van der Waals surface area (Å²) in [6.45, 7) is 3.43. The molecule has 106 valence electrons. The standard InChI is InChI=1S/C17H17N3O/c1-2-4-17-14(3-1)5-6-20(17)16-11-15(12-18-13-16)19-7-9-21-10-8-19/h1-6,11-13H,7-10H2. The van der Waals surface area contributed by atoms with E-state index in [0.717, 1.165) is 37.7 Å². The number of fused-ring (bicyclic) bond motifs is 1. The zero-order chi connectivity index (χ0) is 14.1. The summed E-state index contributed by atoms with van der Waals surface area (Å²) in [6.07, 6.45) is 5.95. The second-order valence-electron chi connectivity index (χ2n) is 5.25. The van der Waals surface area contributed by atoms with Crippen LogP contribution < -0.4 is 4.90 Å². The number of aromatic nitrogens is 2. The number of nitrogens with zero attached hydrogens (tertiary/aromatic N) is 3. The molecule has 0 N–H and O–H groups in total. The Morgan fingerprint density at radius 1 is 0.952 bits per heavy atom. The zero-order valence-corrected chi connectivity index (χ0v) is 11.8. The van der Waals surface area contributed by atoms with E-state index in [1.165, 1.54) is 10.9 Å². The molecule has 1 saturated heterocycles. The average Bonchev–Trinajstić information content (AvgIpc) is 3.00. The van der Waals surface area contributed by atoms with Gasteiger partial charge in [-0.1, -0.05) is 18.2 Å². The van der Waals surface area contributed by atoms with E-state index in [4.69, 9.17) is 4.74 Å². The first-order valence-corrected chi connectivity index (χ1v) is 7.26. The second-order valence-corrected chi connectivity index (χ2v) is 5.25. The third-order valence-electron chi connectivity index (χ3n) is 3.96. The van der Waals surface area contributed by atoms with Crippen molar-refractivity contribution in [2.24, 2.45) is 0 Å². The molecule has 0 amide bonds. The van der Waals surface area contributed by atoms with Crippen LogP contribution in [0.3, 0.4) is 0 Å². The van der Waals surface area contributed by atoms with Crippen molar-refractivity contribution in [2.75, 3.05) is 31.2 Å². The first kappa shape index (κ1) is 12.4. The van der Waals surface area contributed by atoms with E-state index in [-0.39, 0.29) is 0 Å². The molecular weight excluding hydrogens is 262 g/mol. The Labute approximate surface area is 123 Å². The molecule has 0 bridgehead atoms. The van der Waals surface area contributed by atoms with Crippen molar-refractivity contribution in [3.05, 3.63) is 55.0 Å². The number of pyridine rings is 1. The van der Waals surface area contributed by atoms with Crippen molar-refractivity contribution in [1.82, 2.24) is 9.55 Å². The molecule has 0 spiro atoms. The molecule has 1 fully saturated rings. The van der Waals surface area contributed by atoms with E-state index in [1.54, 1.807) is 0 Å². The van der Waals surface area contributed by atoms with Crippen LogP contribution in [0.5, 0.6) is 0 Å². The molecule has 3 heterocycles. The molecule has 3 aromatic rings. The molecule has 0 saturated carbocycles. The first-order chi connectivity index (χ1) is 10.4. The van der Waals surface area contributed by atoms with Crippen LogP contribution in [0, 0.1) is 0 Å². The molecule has 2 aromatic heterocycles. The Bertz CT molecular complexity index is 759. The number of benzene rings is 1. The molecule has 4 rings (SSSR count). The molecule has 1 aromatic carbocycles. The molecule has 4 heteroatoms. The lowest BCUT2D eigenvalue weighted by atomic mass is 10.2. The molecule has 0 atom stereocenters. The summed E-state index contributed by atoms with van der Waals surface area (Å²) < 4.78 is 7.60. The summed E-state index contributed by atoms with van der Waals surface area (Å²) >= 11 is 0. The lowest BCUT2D eigenvalue weighted by molar-refractivity contribution is 0.122. The summed E-state index contributed by atoms with van der Waals surface area (Å²) in [6, 6.07) is 12.7. The third kappa shape index (κ3) is 2.28. The molecule has 21 heavy (non-hydrogen) atoms. The Kier molecular flexibility index (Phi) is 3.09. The summed E-state index contributed by atoms with van der Waals surface area (Å²) in [4.78, 5) is 6.74. The van der Waals surface area contributed by atoms with Crippen molar-refractivity contribution >= 4 is 16.6 Å². The van der Waals surface area contributed by atoms with Gasteiger partial charge in [0.2, 0.25) is 0 Å². The number of rotatable bonds is 2. The van der Waals surface area contributed by atoms with E-state index in [0.29, 0.717) is 0 Å². The van der Waals surface area contributed by atoms with E-state index in [1.807, 2.05) is 12.4 Å².